The molecule has 0 spiro atoms. The molecule has 0 aliphatic carbocycles. The van der Waals surface area contributed by atoms with E-state index in [2.05, 4.69) is 52.2 Å². The van der Waals surface area contributed by atoms with Crippen LogP contribution in [0.1, 0.15) is 477 Å². The highest BCUT2D eigenvalue weighted by Crippen LogP contribution is 2.53. The molecule has 3 aromatic rings. The van der Waals surface area contributed by atoms with E-state index in [0.717, 1.165) is 180 Å². The topological polar surface area (TPSA) is 306 Å². The first kappa shape index (κ1) is 121. The molecule has 5 N–H and O–H groups in total. The van der Waals surface area contributed by atoms with Gasteiger partial charge < -0.3 is 72.9 Å². The number of hydrogen-bond donors (Lipinski definition) is 5. The van der Waals surface area contributed by atoms with Gasteiger partial charge in [0.1, 0.15) is 72.4 Å². The van der Waals surface area contributed by atoms with E-state index < -0.39 is 143 Å². The summed E-state index contributed by atoms with van der Waals surface area (Å²) < 4.78 is 87.6. The minimum absolute atomic E-state index is 0.0448. The zero-order valence-electron chi connectivity index (χ0n) is 86.3. The molecule has 0 radical (unpaired) electrons. The van der Waals surface area contributed by atoms with Crippen LogP contribution in [0.4, 0.5) is 0 Å². The molecule has 2 fully saturated rings. The van der Waals surface area contributed by atoms with Crippen molar-refractivity contribution in [3.63, 3.8) is 0 Å². The summed E-state index contributed by atoms with van der Waals surface area (Å²) in [5.41, 5.74) is 0.714. The predicted molar refractivity (Wildman–Crippen MR) is 547 cm³/mol. The maximum atomic E-state index is 16.0. The summed E-state index contributed by atoms with van der Waals surface area (Å²) in [4.78, 5) is 88.2. The van der Waals surface area contributed by atoms with Crippen molar-refractivity contribution in [2.24, 2.45) is 0 Å². The molecule has 0 saturated carbocycles. The van der Waals surface area contributed by atoms with Gasteiger partial charge in [0.25, 0.3) is 0 Å². The fraction of sp³-hybridized carbons (Fsp3) is 0.788. The maximum absolute atomic E-state index is 16.0. The van der Waals surface area contributed by atoms with Gasteiger partial charge in [-0.3, -0.25) is 33.3 Å². The molecule has 2 aliphatic heterocycles. The van der Waals surface area contributed by atoms with E-state index in [-0.39, 0.29) is 49.8 Å². The third-order valence-electron chi connectivity index (χ3n) is 26.8. The van der Waals surface area contributed by atoms with Gasteiger partial charge in [-0.2, -0.15) is 0 Å². The monoisotopic (exact) mass is 1940 g/mol. The number of aliphatic hydroxyl groups excluding tert-OH is 3. The van der Waals surface area contributed by atoms with Crippen molar-refractivity contribution in [3.05, 3.63) is 96.6 Å². The van der Waals surface area contributed by atoms with Crippen molar-refractivity contribution in [2.45, 2.75) is 558 Å². The van der Waals surface area contributed by atoms with Gasteiger partial charge in [-0.25, -0.2) is 4.57 Å². The Morgan fingerprint density at radius 1 is 0.336 bits per heavy atom. The maximum Gasteiger partial charge on any atom is 0.588 e. The van der Waals surface area contributed by atoms with E-state index in [1.807, 2.05) is 30.3 Å². The largest absolute Gasteiger partial charge is 0.588 e. The van der Waals surface area contributed by atoms with Crippen LogP contribution in [-0.4, -0.2) is 144 Å². The Morgan fingerprint density at radius 2 is 0.628 bits per heavy atom. The molecule has 2 saturated heterocycles. The molecule has 0 aromatic heterocycles. The molecule has 24 heteroatoms. The third-order valence-corrected chi connectivity index (χ3v) is 28.1. The number of esters is 4. The molecule has 13 atom stereocenters. The lowest BCUT2D eigenvalue weighted by Gasteiger charge is -2.46. The predicted octanol–water partition coefficient (Wildman–Crippen LogP) is 27.9. The van der Waals surface area contributed by atoms with Gasteiger partial charge >= 0.3 is 31.7 Å². The van der Waals surface area contributed by atoms with Crippen LogP contribution in [0.5, 0.6) is 11.5 Å². The van der Waals surface area contributed by atoms with E-state index in [1.165, 1.54) is 185 Å². The quantitative estimate of drug-likeness (QED) is 0.0152. The number of carbonyl (C=O) groups excluding carboxylic acids is 6. The molecule has 0 unspecified atom stereocenters. The number of rotatable bonds is 89. The lowest BCUT2D eigenvalue weighted by atomic mass is 9.95. The third kappa shape index (κ3) is 58.4. The number of carbonyl (C=O) groups is 6. The van der Waals surface area contributed by atoms with Crippen molar-refractivity contribution in [1.82, 2.24) is 10.6 Å². The first-order chi connectivity index (χ1) is 66.9. The van der Waals surface area contributed by atoms with E-state index in [1.54, 1.807) is 36.4 Å². The van der Waals surface area contributed by atoms with Crippen molar-refractivity contribution in [3.8, 4) is 11.5 Å². The first-order valence-electron chi connectivity index (χ1n) is 55.6. The minimum atomic E-state index is -5.09. The second-order valence-electron chi connectivity index (χ2n) is 39.3. The number of ether oxygens (including phenoxy) is 8. The number of unbranched alkanes of at least 4 members (excludes halogenated alkanes) is 52. The molecule has 784 valence electrons. The fourth-order valence-electron chi connectivity index (χ4n) is 18.5. The summed E-state index contributed by atoms with van der Waals surface area (Å²) >= 11 is 0. The summed E-state index contributed by atoms with van der Waals surface area (Å²) in [6.07, 6.45) is 45.8. The molecular weight excluding hydrogens is 1750 g/mol. The summed E-state index contributed by atoms with van der Waals surface area (Å²) in [6, 6.07) is 22.3. The highest BCUT2D eigenvalue weighted by molar-refractivity contribution is 7.49. The summed E-state index contributed by atoms with van der Waals surface area (Å²) in [5.74, 6) is -3.43. The number of para-hydroxylation sites is 2. The van der Waals surface area contributed by atoms with E-state index in [0.29, 0.717) is 56.9 Å². The van der Waals surface area contributed by atoms with Gasteiger partial charge in [-0.05, 0) is 87.6 Å². The fourth-order valence-corrected chi connectivity index (χ4v) is 19.9. The number of phosphoric acid groups is 1. The number of amides is 2. The highest BCUT2D eigenvalue weighted by atomic mass is 31.2. The van der Waals surface area contributed by atoms with Gasteiger partial charge in [-0.15, -0.1) is 0 Å². The number of phosphoric ester groups is 1. The number of aliphatic hydroxyl groups is 3. The molecule has 23 nitrogen and oxygen atoms in total. The van der Waals surface area contributed by atoms with E-state index >= 15 is 14.2 Å². The zero-order valence-corrected chi connectivity index (χ0v) is 87.2. The lowest BCUT2D eigenvalue weighted by molar-refractivity contribution is -0.304. The Morgan fingerprint density at radius 3 is 0.964 bits per heavy atom. The highest BCUT2D eigenvalue weighted by Gasteiger charge is 2.55. The molecule has 2 heterocycles. The molecule has 3 aromatic carbocycles. The molecular formula is C113H191N2O21P. The Hall–Kier alpha value is -6.01. The van der Waals surface area contributed by atoms with Crippen LogP contribution in [0, 0.1) is 0 Å². The van der Waals surface area contributed by atoms with Gasteiger partial charge in [-0.1, -0.05) is 442 Å². The molecule has 2 amide bonds. The smallest absolute Gasteiger partial charge is 0.462 e. The summed E-state index contributed by atoms with van der Waals surface area (Å²) in [7, 11) is -5.09. The second kappa shape index (κ2) is 80.4. The van der Waals surface area contributed by atoms with E-state index in [9.17, 15) is 34.5 Å². The van der Waals surface area contributed by atoms with Gasteiger partial charge in [0, 0.05) is 19.3 Å². The standard InChI is InChI=1S/C113H191N2O21P/c1-7-13-19-25-31-36-39-44-50-56-71-83-102(119)128-95(80-65-54-48-42-34-28-22-16-10-4)86-100(117)114-106-109(124)108(123)99(132-112(106)126-90-92-74-62-59-63-75-92)91-127-113-107(115-101(118)87-96(81-64-53-47-30-24-18-12-6)129-103(120)84-72-57-51-45-40-37-32-26-20-14-8-2)111(110(98(89-116)131-113)136-137(125,134-93-76-67-60-68-77-93)135-94-78-69-61-70-79-94)133-105(122)88-97(82-66-55-49-43-35-29-23-17-11-5)130-104(121)85-73-58-52-46-41-38-33-27-21-15-9-3/h59-63,67-70,74-79,95-99,106-113,116,123-124H,7-58,64-66,71-73,80-91H2,1-6H3,(H,114,117)(H,115,118)/t95-,96-,97-,98-,99-,106-,107-,108-,109-,110-,111-,112-,113-/m1/s1. The van der Waals surface area contributed by atoms with Crippen LogP contribution in [0.25, 0.3) is 0 Å². The average molecular weight is 1940 g/mol. The van der Waals surface area contributed by atoms with Crippen molar-refractivity contribution in [2.75, 3.05) is 13.2 Å². The lowest BCUT2D eigenvalue weighted by Crippen LogP contribution is -2.67. The Labute approximate surface area is 828 Å². The van der Waals surface area contributed by atoms with Gasteiger partial charge in [0.15, 0.2) is 18.7 Å². The minimum Gasteiger partial charge on any atom is -0.462 e. The zero-order chi connectivity index (χ0) is 98.5. The van der Waals surface area contributed by atoms with Gasteiger partial charge in [0.2, 0.25) is 11.8 Å². The van der Waals surface area contributed by atoms with Crippen LogP contribution < -0.4 is 19.7 Å². The van der Waals surface area contributed by atoms with Crippen molar-refractivity contribution in [1.29, 1.82) is 0 Å². The Kier molecular flexibility index (Phi) is 71.3. The summed E-state index contributed by atoms with van der Waals surface area (Å²) in [6.45, 7) is 11.5. The molecule has 2 aliphatic rings. The van der Waals surface area contributed by atoms with Crippen LogP contribution in [-0.2, 0) is 82.4 Å². The van der Waals surface area contributed by atoms with Crippen molar-refractivity contribution < 1.29 is 100 Å². The summed E-state index contributed by atoms with van der Waals surface area (Å²) in [5, 5.41) is 43.0. The Balaban J connectivity index is 1.58. The SMILES string of the molecule is CCCCCCCCCCCCCC(=O)O[C@H](CCCCCCCCCCC)CC(=O)N[C@H]1[C@H](OCc2ccccc2)O[C@H](CO[C@@H]2O[C@H](CO)[C@@H](OP(=O)(Oc3ccccc3)Oc3ccccc3)[C@H](OC(=O)C[C@@H](CCCCCCCCCCC)OC(=O)CCCCCCCCCCCCC)[C@H]2NC(=O)C[C@@H](CCCCCCCCC)OC(=O)CCCCCCCCCCCCC)[C@@H](O)[C@@H]1O. The normalized spacial score (nSPS) is 19.0. The Bertz CT molecular complexity index is 3450. The second-order valence-corrected chi connectivity index (χ2v) is 40.8. The number of nitrogens with one attached hydrogen (secondary N) is 2. The molecule has 137 heavy (non-hydrogen) atoms. The molecule has 5 rings (SSSR count). The molecule has 0 bridgehead atoms. The number of hydrogen-bond acceptors (Lipinski definition) is 21. The van der Waals surface area contributed by atoms with E-state index in [4.69, 9.17) is 51.5 Å². The van der Waals surface area contributed by atoms with Crippen LogP contribution in [0.15, 0.2) is 91.0 Å². The van der Waals surface area contributed by atoms with Crippen molar-refractivity contribution >= 4 is 43.5 Å². The first-order valence-corrected chi connectivity index (χ1v) is 57.1. The van der Waals surface area contributed by atoms with Crippen LogP contribution in [0.3, 0.4) is 0 Å². The van der Waals surface area contributed by atoms with Crippen LogP contribution in [0.2, 0.25) is 0 Å². The average Bonchev–Trinajstić information content (AvgIpc) is 0.768. The number of benzene rings is 3. The van der Waals surface area contributed by atoms with Gasteiger partial charge in [0.05, 0.1) is 39.1 Å². The van der Waals surface area contributed by atoms with Crippen LogP contribution >= 0.6 is 7.82 Å².